The normalized spacial score (nSPS) is 8.35. The SMILES string of the molecule is N#CC(C#N)=C(C#N)Nc1ccc(CO)cc1. The van der Waals surface area contributed by atoms with E-state index in [0.29, 0.717) is 5.69 Å². The van der Waals surface area contributed by atoms with E-state index in [1.165, 1.54) is 0 Å². The van der Waals surface area contributed by atoms with Crippen LogP contribution in [0.5, 0.6) is 0 Å². The van der Waals surface area contributed by atoms with E-state index in [0.717, 1.165) is 5.56 Å². The molecule has 0 heterocycles. The molecular formula is C12H8N4O. The molecule has 0 saturated carbocycles. The second kappa shape index (κ2) is 5.92. The van der Waals surface area contributed by atoms with Crippen LogP contribution in [-0.4, -0.2) is 5.11 Å². The molecule has 0 fully saturated rings. The molecule has 0 spiro atoms. The molecule has 0 atom stereocenters. The number of nitrogens with one attached hydrogen (secondary N) is 1. The first-order valence-corrected chi connectivity index (χ1v) is 4.66. The molecule has 1 aromatic rings. The first-order valence-electron chi connectivity index (χ1n) is 4.66. The van der Waals surface area contributed by atoms with E-state index in [4.69, 9.17) is 20.9 Å². The average molecular weight is 224 g/mol. The summed E-state index contributed by atoms with van der Waals surface area (Å²) in [5, 5.41) is 37.6. The lowest BCUT2D eigenvalue weighted by Gasteiger charge is -2.04. The van der Waals surface area contributed by atoms with Crippen molar-refractivity contribution in [2.45, 2.75) is 6.61 Å². The highest BCUT2D eigenvalue weighted by atomic mass is 16.3. The Bertz CT molecular complexity index is 536. The molecule has 0 aromatic heterocycles. The van der Waals surface area contributed by atoms with Crippen molar-refractivity contribution in [1.82, 2.24) is 0 Å². The molecular weight excluding hydrogens is 216 g/mol. The topological polar surface area (TPSA) is 104 Å². The predicted octanol–water partition coefficient (Wildman–Crippen LogP) is 1.42. The van der Waals surface area contributed by atoms with Gasteiger partial charge in [-0.05, 0) is 17.7 Å². The van der Waals surface area contributed by atoms with Gasteiger partial charge in [0.05, 0.1) is 6.61 Å². The van der Waals surface area contributed by atoms with E-state index < -0.39 is 0 Å². The maximum Gasteiger partial charge on any atom is 0.163 e. The lowest BCUT2D eigenvalue weighted by Crippen LogP contribution is -2.00. The van der Waals surface area contributed by atoms with Crippen molar-refractivity contribution in [2.24, 2.45) is 0 Å². The van der Waals surface area contributed by atoms with Gasteiger partial charge in [0, 0.05) is 5.69 Å². The minimum atomic E-state index is -0.265. The highest BCUT2D eigenvalue weighted by molar-refractivity contribution is 5.58. The third-order valence-electron chi connectivity index (χ3n) is 1.99. The van der Waals surface area contributed by atoms with E-state index >= 15 is 0 Å². The standard InChI is InChI=1S/C12H8N4O/c13-5-10(6-14)12(7-15)16-11-3-1-9(8-17)2-4-11/h1-4,16-17H,8H2. The van der Waals surface area contributed by atoms with Crippen LogP contribution in [0.4, 0.5) is 5.69 Å². The molecule has 5 nitrogen and oxygen atoms in total. The van der Waals surface area contributed by atoms with Crippen molar-refractivity contribution in [1.29, 1.82) is 15.8 Å². The van der Waals surface area contributed by atoms with E-state index in [-0.39, 0.29) is 17.9 Å². The third-order valence-corrected chi connectivity index (χ3v) is 1.99. The zero-order valence-corrected chi connectivity index (χ0v) is 8.81. The summed E-state index contributed by atoms with van der Waals surface area (Å²) in [7, 11) is 0. The average Bonchev–Trinajstić information content (AvgIpc) is 2.39. The number of nitriles is 3. The Morgan fingerprint density at radius 3 is 2.06 bits per heavy atom. The monoisotopic (exact) mass is 224 g/mol. The Morgan fingerprint density at radius 2 is 1.65 bits per heavy atom. The molecule has 2 N–H and O–H groups in total. The zero-order chi connectivity index (χ0) is 12.7. The van der Waals surface area contributed by atoms with Gasteiger partial charge in [-0.15, -0.1) is 0 Å². The van der Waals surface area contributed by atoms with Crippen molar-refractivity contribution < 1.29 is 5.11 Å². The van der Waals surface area contributed by atoms with E-state index in [1.807, 2.05) is 0 Å². The minimum absolute atomic E-state index is 0.0666. The second-order valence-corrected chi connectivity index (χ2v) is 3.07. The summed E-state index contributed by atoms with van der Waals surface area (Å²) in [6, 6.07) is 11.7. The summed E-state index contributed by atoms with van der Waals surface area (Å²) >= 11 is 0. The van der Waals surface area contributed by atoms with Crippen molar-refractivity contribution in [3.05, 3.63) is 41.1 Å². The molecule has 0 bridgehead atoms. The third kappa shape index (κ3) is 3.07. The van der Waals surface area contributed by atoms with Crippen LogP contribution in [0.3, 0.4) is 0 Å². The largest absolute Gasteiger partial charge is 0.392 e. The predicted molar refractivity (Wildman–Crippen MR) is 59.9 cm³/mol. The van der Waals surface area contributed by atoms with Crippen LogP contribution in [0.1, 0.15) is 5.56 Å². The number of aliphatic hydroxyl groups is 1. The summed E-state index contributed by atoms with van der Waals surface area (Å²) in [6.45, 7) is -0.0666. The van der Waals surface area contributed by atoms with Crippen LogP contribution in [0, 0.1) is 34.0 Å². The Kier molecular flexibility index (Phi) is 4.27. The summed E-state index contributed by atoms with van der Waals surface area (Å²) in [5.74, 6) is 0. The fourth-order valence-electron chi connectivity index (χ4n) is 1.12. The maximum atomic E-state index is 8.85. The smallest absolute Gasteiger partial charge is 0.163 e. The van der Waals surface area contributed by atoms with Gasteiger partial charge in [-0.2, -0.15) is 15.8 Å². The molecule has 17 heavy (non-hydrogen) atoms. The molecule has 0 aliphatic carbocycles. The maximum absolute atomic E-state index is 8.85. The Hall–Kier alpha value is -2.81. The molecule has 0 radical (unpaired) electrons. The second-order valence-electron chi connectivity index (χ2n) is 3.07. The van der Waals surface area contributed by atoms with E-state index in [1.54, 1.807) is 42.5 Å². The minimum Gasteiger partial charge on any atom is -0.392 e. The van der Waals surface area contributed by atoms with Crippen LogP contribution in [0.15, 0.2) is 35.5 Å². The molecule has 1 rings (SSSR count). The number of aliphatic hydroxyl groups excluding tert-OH is 1. The quantitative estimate of drug-likeness (QED) is 0.755. The van der Waals surface area contributed by atoms with E-state index in [9.17, 15) is 0 Å². The fraction of sp³-hybridized carbons (Fsp3) is 0.0833. The molecule has 1 aromatic carbocycles. The first kappa shape index (κ1) is 12.3. The van der Waals surface area contributed by atoms with E-state index in [2.05, 4.69) is 5.32 Å². The number of rotatable bonds is 3. The van der Waals surface area contributed by atoms with Gasteiger partial charge in [-0.1, -0.05) is 12.1 Å². The highest BCUT2D eigenvalue weighted by Gasteiger charge is 2.05. The number of hydrogen-bond donors (Lipinski definition) is 2. The number of benzene rings is 1. The molecule has 0 unspecified atom stereocenters. The summed E-state index contributed by atoms with van der Waals surface area (Å²) in [4.78, 5) is 0. The van der Waals surface area contributed by atoms with Gasteiger partial charge in [0.1, 0.15) is 23.9 Å². The number of allylic oxidation sites excluding steroid dienone is 2. The van der Waals surface area contributed by atoms with Gasteiger partial charge < -0.3 is 10.4 Å². The lowest BCUT2D eigenvalue weighted by molar-refractivity contribution is 0.282. The number of hydrogen-bond acceptors (Lipinski definition) is 5. The van der Waals surface area contributed by atoms with Gasteiger partial charge >= 0.3 is 0 Å². The molecule has 0 aliphatic heterocycles. The molecule has 82 valence electrons. The van der Waals surface area contributed by atoms with Crippen molar-refractivity contribution in [3.63, 3.8) is 0 Å². The van der Waals surface area contributed by atoms with Crippen LogP contribution in [0.25, 0.3) is 0 Å². The van der Waals surface area contributed by atoms with Crippen LogP contribution in [-0.2, 0) is 6.61 Å². The molecule has 0 amide bonds. The van der Waals surface area contributed by atoms with Crippen molar-refractivity contribution in [3.8, 4) is 18.2 Å². The van der Waals surface area contributed by atoms with Crippen molar-refractivity contribution >= 4 is 5.69 Å². The summed E-state index contributed by atoms with van der Waals surface area (Å²) in [5.41, 5.74) is 0.950. The molecule has 5 heteroatoms. The Labute approximate surface area is 98.5 Å². The summed E-state index contributed by atoms with van der Waals surface area (Å²) < 4.78 is 0. The van der Waals surface area contributed by atoms with Crippen LogP contribution < -0.4 is 5.32 Å². The Balaban J connectivity index is 2.98. The van der Waals surface area contributed by atoms with Gasteiger partial charge in [0.15, 0.2) is 5.57 Å². The zero-order valence-electron chi connectivity index (χ0n) is 8.81. The molecule has 0 saturated heterocycles. The first-order chi connectivity index (χ1) is 8.24. The molecule has 0 aliphatic rings. The van der Waals surface area contributed by atoms with Gasteiger partial charge in [0.25, 0.3) is 0 Å². The number of nitrogens with zero attached hydrogens (tertiary/aromatic N) is 3. The van der Waals surface area contributed by atoms with Crippen LogP contribution in [0.2, 0.25) is 0 Å². The number of anilines is 1. The van der Waals surface area contributed by atoms with Crippen LogP contribution >= 0.6 is 0 Å². The van der Waals surface area contributed by atoms with Gasteiger partial charge in [0.2, 0.25) is 0 Å². The lowest BCUT2D eigenvalue weighted by atomic mass is 10.2. The van der Waals surface area contributed by atoms with Gasteiger partial charge in [-0.3, -0.25) is 0 Å². The summed E-state index contributed by atoms with van der Waals surface area (Å²) in [6.07, 6.45) is 0. The van der Waals surface area contributed by atoms with Gasteiger partial charge in [-0.25, -0.2) is 0 Å². The fourth-order valence-corrected chi connectivity index (χ4v) is 1.12. The highest BCUT2D eigenvalue weighted by Crippen LogP contribution is 2.13. The Morgan fingerprint density at radius 1 is 1.06 bits per heavy atom. The van der Waals surface area contributed by atoms with Crippen molar-refractivity contribution in [2.75, 3.05) is 5.32 Å².